The molecule has 0 saturated heterocycles. The molecule has 1 rings (SSSR count). The van der Waals surface area contributed by atoms with Crippen molar-refractivity contribution in [3.63, 3.8) is 0 Å². The molecule has 0 aliphatic heterocycles. The van der Waals surface area contributed by atoms with E-state index in [1.807, 2.05) is 20.8 Å². The van der Waals surface area contributed by atoms with Gasteiger partial charge in [-0.3, -0.25) is 0 Å². The van der Waals surface area contributed by atoms with Gasteiger partial charge in [0.05, 0.1) is 11.0 Å². The van der Waals surface area contributed by atoms with E-state index in [0.717, 1.165) is 5.56 Å². The maximum Gasteiger partial charge on any atom is 0.240 e. The molecule has 0 amide bonds. The Hall–Kier alpha value is -1.11. The Labute approximate surface area is 127 Å². The van der Waals surface area contributed by atoms with Crippen LogP contribution in [0.15, 0.2) is 23.1 Å². The van der Waals surface area contributed by atoms with E-state index in [1.165, 1.54) is 6.07 Å². The fourth-order valence-corrected chi connectivity index (χ4v) is 2.93. The average Bonchev–Trinajstić information content (AvgIpc) is 2.38. The van der Waals surface area contributed by atoms with Gasteiger partial charge in [-0.05, 0) is 44.5 Å². The molecule has 0 aliphatic rings. The van der Waals surface area contributed by atoms with Gasteiger partial charge in [-0.25, -0.2) is 13.1 Å². The lowest BCUT2D eigenvalue weighted by Gasteiger charge is -2.22. The van der Waals surface area contributed by atoms with Crippen LogP contribution < -0.4 is 9.46 Å². The molecule has 1 aromatic rings. The number of hydrogen-bond donors (Lipinski definition) is 2. The van der Waals surface area contributed by atoms with Crippen LogP contribution in [0.5, 0.6) is 5.75 Å². The second-order valence-corrected chi connectivity index (χ2v) is 8.01. The van der Waals surface area contributed by atoms with Gasteiger partial charge in [0.15, 0.2) is 0 Å². The Bertz CT molecular complexity index is 579. The third-order valence-electron chi connectivity index (χ3n) is 2.99. The number of aliphatic hydroxyl groups excluding tert-OH is 1. The number of aryl methyl sites for hydroxylation is 1. The molecule has 5 nitrogen and oxygen atoms in total. The Balaban J connectivity index is 2.92. The first-order chi connectivity index (χ1) is 9.57. The van der Waals surface area contributed by atoms with Gasteiger partial charge in [-0.2, -0.15) is 0 Å². The van der Waals surface area contributed by atoms with Gasteiger partial charge < -0.3 is 9.84 Å². The molecular formula is C15H25NO4S. The molecule has 0 fully saturated rings. The molecule has 0 radical (unpaired) electrons. The quantitative estimate of drug-likeness (QED) is 0.808. The fraction of sp³-hybridized carbons (Fsp3) is 0.600. The molecule has 2 N–H and O–H groups in total. The monoisotopic (exact) mass is 315 g/mol. The van der Waals surface area contributed by atoms with Crippen LogP contribution in [0.4, 0.5) is 0 Å². The Morgan fingerprint density at radius 2 is 1.95 bits per heavy atom. The molecule has 0 unspecified atom stereocenters. The number of benzene rings is 1. The van der Waals surface area contributed by atoms with Crippen molar-refractivity contribution in [3.05, 3.63) is 23.8 Å². The molecule has 0 saturated carbocycles. The van der Waals surface area contributed by atoms with Crippen LogP contribution in [0.3, 0.4) is 0 Å². The van der Waals surface area contributed by atoms with Gasteiger partial charge in [0.25, 0.3) is 0 Å². The summed E-state index contributed by atoms with van der Waals surface area (Å²) in [5.41, 5.74) is 0.274. The summed E-state index contributed by atoms with van der Waals surface area (Å²) in [6.07, 6.45) is 0.0367. The predicted molar refractivity (Wildman–Crippen MR) is 83.0 cm³/mol. The zero-order valence-electron chi connectivity index (χ0n) is 13.3. The summed E-state index contributed by atoms with van der Waals surface area (Å²) in [7, 11) is -3.59. The first-order valence-electron chi connectivity index (χ1n) is 6.95. The summed E-state index contributed by atoms with van der Waals surface area (Å²) < 4.78 is 32.6. The topological polar surface area (TPSA) is 75.6 Å². The highest BCUT2D eigenvalue weighted by molar-refractivity contribution is 7.89. The molecule has 0 spiro atoms. The predicted octanol–water partition coefficient (Wildman–Crippen LogP) is 2.08. The van der Waals surface area contributed by atoms with Crippen molar-refractivity contribution in [1.82, 2.24) is 4.72 Å². The van der Waals surface area contributed by atoms with Gasteiger partial charge in [0.1, 0.15) is 5.75 Å². The maximum absolute atomic E-state index is 12.2. The number of rotatable bonds is 7. The first-order valence-corrected chi connectivity index (χ1v) is 8.43. The van der Waals surface area contributed by atoms with Crippen LogP contribution in [0.25, 0.3) is 0 Å². The van der Waals surface area contributed by atoms with Gasteiger partial charge >= 0.3 is 0 Å². The third-order valence-corrected chi connectivity index (χ3v) is 4.39. The zero-order chi connectivity index (χ0) is 16.3. The molecule has 0 bridgehead atoms. The van der Waals surface area contributed by atoms with E-state index >= 15 is 0 Å². The van der Waals surface area contributed by atoms with E-state index in [9.17, 15) is 13.5 Å². The van der Waals surface area contributed by atoms with E-state index < -0.39 is 15.4 Å². The minimum absolute atomic E-state index is 0.0367. The molecule has 1 aromatic carbocycles. The van der Waals surface area contributed by atoms with Crippen LogP contribution in [-0.2, 0) is 10.0 Å². The van der Waals surface area contributed by atoms with Crippen LogP contribution in [0.2, 0.25) is 0 Å². The normalized spacial score (nSPS) is 12.7. The van der Waals surface area contributed by atoms with E-state index in [4.69, 9.17) is 4.74 Å². The van der Waals surface area contributed by atoms with E-state index in [-0.39, 0.29) is 24.2 Å². The molecular weight excluding hydrogens is 290 g/mol. The van der Waals surface area contributed by atoms with Crippen molar-refractivity contribution < 1.29 is 18.3 Å². The average molecular weight is 315 g/mol. The zero-order valence-corrected chi connectivity index (χ0v) is 14.1. The van der Waals surface area contributed by atoms with Crippen molar-refractivity contribution in [2.24, 2.45) is 5.41 Å². The van der Waals surface area contributed by atoms with Crippen molar-refractivity contribution in [3.8, 4) is 5.75 Å². The molecule has 6 heteroatoms. The number of aliphatic hydroxyl groups is 1. The van der Waals surface area contributed by atoms with E-state index in [1.54, 1.807) is 26.0 Å². The van der Waals surface area contributed by atoms with Crippen molar-refractivity contribution in [1.29, 1.82) is 0 Å². The van der Waals surface area contributed by atoms with Crippen LogP contribution in [-0.4, -0.2) is 32.8 Å². The summed E-state index contributed by atoms with van der Waals surface area (Å²) in [5.74, 6) is 0.680. The van der Waals surface area contributed by atoms with Crippen molar-refractivity contribution >= 4 is 10.0 Å². The van der Waals surface area contributed by atoms with Crippen LogP contribution >= 0.6 is 0 Å². The van der Waals surface area contributed by atoms with Gasteiger partial charge in [-0.1, -0.05) is 13.8 Å². The number of sulfonamides is 1. The Morgan fingerprint density at radius 3 is 2.43 bits per heavy atom. The molecule has 21 heavy (non-hydrogen) atoms. The van der Waals surface area contributed by atoms with Crippen LogP contribution in [0, 0.1) is 12.3 Å². The second kappa shape index (κ2) is 6.77. The van der Waals surface area contributed by atoms with E-state index in [0.29, 0.717) is 5.75 Å². The molecule has 0 atom stereocenters. The lowest BCUT2D eigenvalue weighted by molar-refractivity contribution is 0.163. The van der Waals surface area contributed by atoms with Gasteiger partial charge in [-0.15, -0.1) is 0 Å². The largest absolute Gasteiger partial charge is 0.491 e. The summed E-state index contributed by atoms with van der Waals surface area (Å²) in [5, 5.41) is 9.17. The maximum atomic E-state index is 12.2. The lowest BCUT2D eigenvalue weighted by Crippen LogP contribution is -2.36. The fourth-order valence-electron chi connectivity index (χ4n) is 1.60. The molecule has 0 aromatic heterocycles. The van der Waals surface area contributed by atoms with Crippen LogP contribution in [0.1, 0.15) is 33.3 Å². The highest BCUT2D eigenvalue weighted by Gasteiger charge is 2.22. The summed E-state index contributed by atoms with van der Waals surface area (Å²) in [4.78, 5) is 0.199. The third kappa shape index (κ3) is 5.30. The standard InChI is InChI=1S/C15H25NO4S/c1-11(2)20-14-7-6-13(8-12(14)3)21(18,19)16-9-15(4,5)10-17/h6-8,11,16-17H,9-10H2,1-5H3. The first kappa shape index (κ1) is 17.9. The molecule has 0 heterocycles. The van der Waals surface area contributed by atoms with Crippen molar-refractivity contribution in [2.75, 3.05) is 13.2 Å². The minimum atomic E-state index is -3.59. The van der Waals surface area contributed by atoms with Crippen molar-refractivity contribution in [2.45, 2.75) is 45.6 Å². The smallest absolute Gasteiger partial charge is 0.240 e. The number of ether oxygens (including phenoxy) is 1. The number of nitrogens with one attached hydrogen (secondary N) is 1. The second-order valence-electron chi connectivity index (χ2n) is 6.24. The summed E-state index contributed by atoms with van der Waals surface area (Å²) in [6, 6.07) is 4.78. The van der Waals surface area contributed by atoms with Gasteiger partial charge in [0.2, 0.25) is 10.0 Å². The lowest BCUT2D eigenvalue weighted by atomic mass is 9.96. The summed E-state index contributed by atoms with van der Waals surface area (Å²) >= 11 is 0. The highest BCUT2D eigenvalue weighted by Crippen LogP contribution is 2.23. The molecule has 0 aliphatic carbocycles. The van der Waals surface area contributed by atoms with E-state index in [2.05, 4.69) is 4.72 Å². The molecule has 120 valence electrons. The Kier molecular flexibility index (Phi) is 5.78. The SMILES string of the molecule is Cc1cc(S(=O)(=O)NCC(C)(C)CO)ccc1OC(C)C. The van der Waals surface area contributed by atoms with Gasteiger partial charge in [0, 0.05) is 18.6 Å². The Morgan fingerprint density at radius 1 is 1.33 bits per heavy atom. The number of hydrogen-bond acceptors (Lipinski definition) is 4. The minimum Gasteiger partial charge on any atom is -0.491 e. The summed E-state index contributed by atoms with van der Waals surface area (Å²) in [6.45, 7) is 9.32. The highest BCUT2D eigenvalue weighted by atomic mass is 32.2.